The zero-order valence-corrected chi connectivity index (χ0v) is 7.60. The van der Waals surface area contributed by atoms with Gasteiger partial charge in [-0.05, 0) is 12.1 Å². The van der Waals surface area contributed by atoms with Crippen molar-refractivity contribution in [2.24, 2.45) is 5.73 Å². The van der Waals surface area contributed by atoms with E-state index in [9.17, 15) is 4.79 Å². The lowest BCUT2D eigenvalue weighted by Crippen LogP contribution is -2.14. The van der Waals surface area contributed by atoms with Crippen LogP contribution in [0.3, 0.4) is 0 Å². The lowest BCUT2D eigenvalue weighted by atomic mass is 10.3. The first-order valence-electron chi connectivity index (χ1n) is 3.81. The molecule has 0 atom stereocenters. The van der Waals surface area contributed by atoms with Crippen molar-refractivity contribution in [3.63, 3.8) is 0 Å². The van der Waals surface area contributed by atoms with Gasteiger partial charge < -0.3 is 11.1 Å². The predicted octanol–water partition coefficient (Wildman–Crippen LogP) is 1.53. The predicted molar refractivity (Wildman–Crippen MR) is 53.2 cm³/mol. The van der Waals surface area contributed by atoms with E-state index < -0.39 is 5.91 Å². The van der Waals surface area contributed by atoms with E-state index in [1.807, 2.05) is 24.3 Å². The molecule has 0 aromatic heterocycles. The van der Waals surface area contributed by atoms with Crippen molar-refractivity contribution in [1.29, 1.82) is 0 Å². The van der Waals surface area contributed by atoms with Crippen molar-refractivity contribution in [1.82, 2.24) is 0 Å². The summed E-state index contributed by atoms with van der Waals surface area (Å²) in [6.07, 6.45) is 1.63. The number of amides is 1. The third-order valence-electron chi connectivity index (χ3n) is 1.71. The average molecular weight is 192 g/mol. The van der Waals surface area contributed by atoms with E-state index in [0.29, 0.717) is 4.91 Å². The number of carbonyl (C=O) groups is 1. The van der Waals surface area contributed by atoms with Gasteiger partial charge in [0.25, 0.3) is 5.91 Å². The van der Waals surface area contributed by atoms with E-state index in [-0.39, 0.29) is 0 Å². The number of rotatable bonds is 1. The highest BCUT2D eigenvalue weighted by Gasteiger charge is 2.14. The average Bonchev–Trinajstić information content (AvgIpc) is 2.17. The summed E-state index contributed by atoms with van der Waals surface area (Å²) in [5, 5.41) is 3.01. The van der Waals surface area contributed by atoms with Gasteiger partial charge in [-0.25, -0.2) is 0 Å². The molecule has 1 amide bonds. The number of nitrogens with two attached hydrogens (primary N) is 1. The maximum absolute atomic E-state index is 10.9. The summed E-state index contributed by atoms with van der Waals surface area (Å²) >= 11 is 1.39. The van der Waals surface area contributed by atoms with Gasteiger partial charge in [0.05, 0.1) is 10.6 Å². The normalized spacial score (nSPS) is 14.0. The van der Waals surface area contributed by atoms with Crippen molar-refractivity contribution < 1.29 is 4.79 Å². The fourth-order valence-corrected chi connectivity index (χ4v) is 1.93. The largest absolute Gasteiger partial charge is 0.365 e. The molecule has 0 bridgehead atoms. The molecule has 3 nitrogen and oxygen atoms in total. The Kier molecular flexibility index (Phi) is 1.98. The van der Waals surface area contributed by atoms with E-state index >= 15 is 0 Å². The van der Waals surface area contributed by atoms with Gasteiger partial charge in [-0.3, -0.25) is 4.79 Å². The van der Waals surface area contributed by atoms with E-state index in [1.54, 1.807) is 6.20 Å². The fraction of sp³-hybridized carbons (Fsp3) is 0. The van der Waals surface area contributed by atoms with Crippen LogP contribution in [0.1, 0.15) is 0 Å². The second-order valence-electron chi connectivity index (χ2n) is 2.62. The van der Waals surface area contributed by atoms with Crippen LogP contribution in [-0.2, 0) is 4.79 Å². The SMILES string of the molecule is NC(=O)C1=CNc2ccccc2S1. The van der Waals surface area contributed by atoms with Gasteiger partial charge in [-0.15, -0.1) is 0 Å². The minimum atomic E-state index is -0.396. The van der Waals surface area contributed by atoms with Crippen LogP contribution in [0.4, 0.5) is 5.69 Å². The number of nitrogens with one attached hydrogen (secondary N) is 1. The molecule has 1 aliphatic heterocycles. The lowest BCUT2D eigenvalue weighted by molar-refractivity contribution is -0.113. The molecule has 0 spiro atoms. The minimum absolute atomic E-state index is 0.396. The molecule has 3 N–H and O–H groups in total. The maximum atomic E-state index is 10.9. The van der Waals surface area contributed by atoms with Crippen molar-refractivity contribution in [3.05, 3.63) is 35.4 Å². The van der Waals surface area contributed by atoms with Crippen LogP contribution in [-0.4, -0.2) is 5.91 Å². The molecule has 0 saturated heterocycles. The summed E-state index contributed by atoms with van der Waals surface area (Å²) in [5.41, 5.74) is 6.17. The topological polar surface area (TPSA) is 55.1 Å². The highest BCUT2D eigenvalue weighted by Crippen LogP contribution is 2.35. The summed E-state index contributed by atoms with van der Waals surface area (Å²) < 4.78 is 0. The Bertz CT molecular complexity index is 387. The first-order chi connectivity index (χ1) is 6.27. The van der Waals surface area contributed by atoms with Gasteiger partial charge in [-0.2, -0.15) is 0 Å². The number of anilines is 1. The summed E-state index contributed by atoms with van der Waals surface area (Å²) in [7, 11) is 0. The molecule has 13 heavy (non-hydrogen) atoms. The summed E-state index contributed by atoms with van der Waals surface area (Å²) in [6.45, 7) is 0. The molecule has 1 aromatic carbocycles. The molecule has 0 aliphatic carbocycles. The van der Waals surface area contributed by atoms with Gasteiger partial charge in [0.15, 0.2) is 0 Å². The molecule has 1 heterocycles. The minimum Gasteiger partial charge on any atom is -0.365 e. The van der Waals surface area contributed by atoms with Crippen LogP contribution in [0.2, 0.25) is 0 Å². The van der Waals surface area contributed by atoms with Crippen molar-refractivity contribution in [2.75, 3.05) is 5.32 Å². The Hall–Kier alpha value is -1.42. The van der Waals surface area contributed by atoms with Gasteiger partial charge >= 0.3 is 0 Å². The van der Waals surface area contributed by atoms with Crippen LogP contribution < -0.4 is 11.1 Å². The Labute approximate surface area is 80.0 Å². The monoisotopic (exact) mass is 192 g/mol. The molecule has 0 fully saturated rings. The van der Waals surface area contributed by atoms with Crippen LogP contribution in [0, 0.1) is 0 Å². The van der Waals surface area contributed by atoms with Crippen molar-refractivity contribution in [3.8, 4) is 0 Å². The number of benzene rings is 1. The zero-order valence-electron chi connectivity index (χ0n) is 6.78. The lowest BCUT2D eigenvalue weighted by Gasteiger charge is -2.14. The smallest absolute Gasteiger partial charge is 0.256 e. The molecule has 1 aliphatic rings. The van der Waals surface area contributed by atoms with Crippen molar-refractivity contribution >= 4 is 23.4 Å². The molecular formula is C9H8N2OS. The molecule has 0 radical (unpaired) electrons. The van der Waals surface area contributed by atoms with Crippen molar-refractivity contribution in [2.45, 2.75) is 4.90 Å². The number of fused-ring (bicyclic) bond motifs is 1. The maximum Gasteiger partial charge on any atom is 0.256 e. The van der Waals surface area contributed by atoms with E-state index in [1.165, 1.54) is 11.8 Å². The highest BCUT2D eigenvalue weighted by molar-refractivity contribution is 8.04. The van der Waals surface area contributed by atoms with Crippen LogP contribution >= 0.6 is 11.8 Å². The third kappa shape index (κ3) is 1.53. The first kappa shape index (κ1) is 8.19. The molecule has 2 rings (SSSR count). The molecule has 0 unspecified atom stereocenters. The first-order valence-corrected chi connectivity index (χ1v) is 4.62. The Morgan fingerprint density at radius 3 is 2.92 bits per heavy atom. The summed E-state index contributed by atoms with van der Waals surface area (Å²) in [6, 6.07) is 7.77. The highest BCUT2D eigenvalue weighted by atomic mass is 32.2. The number of primary amides is 1. The number of hydrogen-bond donors (Lipinski definition) is 2. The number of hydrogen-bond acceptors (Lipinski definition) is 3. The number of thioether (sulfide) groups is 1. The van der Waals surface area contributed by atoms with Gasteiger partial charge in [0.1, 0.15) is 0 Å². The zero-order chi connectivity index (χ0) is 9.26. The number of carbonyl (C=O) groups excluding carboxylic acids is 1. The summed E-state index contributed by atoms with van der Waals surface area (Å²) in [5.74, 6) is -0.396. The van der Waals surface area contributed by atoms with E-state index in [4.69, 9.17) is 5.73 Å². The second-order valence-corrected chi connectivity index (χ2v) is 3.70. The second kappa shape index (κ2) is 3.14. The fourth-order valence-electron chi connectivity index (χ4n) is 1.09. The Morgan fingerprint density at radius 2 is 2.15 bits per heavy atom. The van der Waals surface area contributed by atoms with E-state index in [0.717, 1.165) is 10.6 Å². The Balaban J connectivity index is 2.33. The molecular weight excluding hydrogens is 184 g/mol. The van der Waals surface area contributed by atoms with Gasteiger partial charge in [-0.1, -0.05) is 23.9 Å². The van der Waals surface area contributed by atoms with Crippen LogP contribution in [0.25, 0.3) is 0 Å². The van der Waals surface area contributed by atoms with Crippen LogP contribution in [0.15, 0.2) is 40.3 Å². The number of para-hydroxylation sites is 1. The summed E-state index contributed by atoms with van der Waals surface area (Å²) in [4.78, 5) is 12.4. The standard InChI is InChI=1S/C9H8N2OS/c10-9(12)8-5-11-6-3-1-2-4-7(6)13-8/h1-5,11H,(H2,10,12). The van der Waals surface area contributed by atoms with E-state index in [2.05, 4.69) is 5.32 Å². The molecule has 0 saturated carbocycles. The molecule has 66 valence electrons. The van der Waals surface area contributed by atoms with Crippen LogP contribution in [0.5, 0.6) is 0 Å². The Morgan fingerprint density at radius 1 is 1.38 bits per heavy atom. The quantitative estimate of drug-likeness (QED) is 0.709. The molecule has 4 heteroatoms. The third-order valence-corrected chi connectivity index (χ3v) is 2.82. The van der Waals surface area contributed by atoms with Gasteiger partial charge in [0, 0.05) is 11.1 Å². The van der Waals surface area contributed by atoms with Gasteiger partial charge in [0.2, 0.25) is 0 Å². The molecule has 1 aromatic rings.